The van der Waals surface area contributed by atoms with Gasteiger partial charge in [0.15, 0.2) is 4.84 Å². The summed E-state index contributed by atoms with van der Waals surface area (Å²) in [7, 11) is 0. The fourth-order valence-corrected chi connectivity index (χ4v) is 1.02. The van der Waals surface area contributed by atoms with Crippen LogP contribution >= 0.6 is 34.8 Å². The number of alkyl halides is 2. The average molecular weight is 237 g/mol. The molecule has 0 bridgehead atoms. The van der Waals surface area contributed by atoms with Crippen LogP contribution in [0.3, 0.4) is 0 Å². The lowest BCUT2D eigenvalue weighted by atomic mass is 10.2. The minimum Gasteiger partial charge on any atom is -0.270 e. The van der Waals surface area contributed by atoms with Gasteiger partial charge in [-0.25, -0.2) is 0 Å². The molecule has 70 valence electrons. The van der Waals surface area contributed by atoms with Crippen molar-refractivity contribution in [2.24, 2.45) is 4.99 Å². The van der Waals surface area contributed by atoms with Gasteiger partial charge in [-0.15, -0.1) is 0 Å². The molecule has 0 saturated heterocycles. The zero-order valence-electron chi connectivity index (χ0n) is 6.75. The van der Waals surface area contributed by atoms with E-state index in [0.29, 0.717) is 6.54 Å². The van der Waals surface area contributed by atoms with Gasteiger partial charge in [0.25, 0.3) is 0 Å². The van der Waals surface area contributed by atoms with Gasteiger partial charge >= 0.3 is 0 Å². The SMILES string of the molecule is ClC(=NCc1ccccc1)C(Cl)Cl. The molecule has 0 aliphatic heterocycles. The fourth-order valence-electron chi connectivity index (χ4n) is 0.819. The van der Waals surface area contributed by atoms with Crippen LogP contribution in [0.4, 0.5) is 0 Å². The van der Waals surface area contributed by atoms with Gasteiger partial charge in [-0.3, -0.25) is 4.99 Å². The van der Waals surface area contributed by atoms with Crippen molar-refractivity contribution >= 4 is 40.0 Å². The number of rotatable bonds is 3. The van der Waals surface area contributed by atoms with E-state index in [2.05, 4.69) is 4.99 Å². The third-order valence-electron chi connectivity index (χ3n) is 1.44. The summed E-state index contributed by atoms with van der Waals surface area (Å²) in [6.07, 6.45) is 0. The Hall–Kier alpha value is -0.240. The van der Waals surface area contributed by atoms with E-state index in [4.69, 9.17) is 34.8 Å². The van der Waals surface area contributed by atoms with E-state index in [1.165, 1.54) is 0 Å². The van der Waals surface area contributed by atoms with Crippen LogP contribution in [0.2, 0.25) is 0 Å². The van der Waals surface area contributed by atoms with Crippen molar-refractivity contribution in [1.29, 1.82) is 0 Å². The number of aliphatic imine (C=N–C) groups is 1. The molecule has 1 nitrogen and oxygen atoms in total. The highest BCUT2D eigenvalue weighted by Crippen LogP contribution is 2.09. The summed E-state index contributed by atoms with van der Waals surface area (Å²) >= 11 is 16.6. The zero-order chi connectivity index (χ0) is 9.68. The third-order valence-corrected chi connectivity index (χ3v) is 2.41. The molecule has 0 N–H and O–H groups in total. The van der Waals surface area contributed by atoms with Gasteiger partial charge in [-0.05, 0) is 5.56 Å². The van der Waals surface area contributed by atoms with Crippen molar-refractivity contribution in [3.05, 3.63) is 35.9 Å². The van der Waals surface area contributed by atoms with E-state index in [-0.39, 0.29) is 5.17 Å². The summed E-state index contributed by atoms with van der Waals surface area (Å²) in [5.41, 5.74) is 1.08. The minimum absolute atomic E-state index is 0.229. The molecule has 0 saturated carbocycles. The first-order chi connectivity index (χ1) is 6.20. The molecule has 1 aromatic carbocycles. The Balaban J connectivity index is 2.57. The predicted octanol–water partition coefficient (Wildman–Crippen LogP) is 3.63. The smallest absolute Gasteiger partial charge is 0.160 e. The quantitative estimate of drug-likeness (QED) is 0.561. The first-order valence-corrected chi connectivity index (χ1v) is 4.97. The molecule has 0 aromatic heterocycles. The molecule has 0 spiro atoms. The van der Waals surface area contributed by atoms with Crippen LogP contribution in [0, 0.1) is 0 Å². The second-order valence-corrected chi connectivity index (χ2v) is 3.91. The van der Waals surface area contributed by atoms with Crippen molar-refractivity contribution < 1.29 is 0 Å². The molecule has 0 aliphatic carbocycles. The summed E-state index contributed by atoms with van der Waals surface area (Å²) in [6.45, 7) is 0.510. The van der Waals surface area contributed by atoms with E-state index in [1.807, 2.05) is 30.3 Å². The Morgan fingerprint density at radius 3 is 2.38 bits per heavy atom. The molecule has 0 fully saturated rings. The van der Waals surface area contributed by atoms with E-state index < -0.39 is 4.84 Å². The number of hydrogen-bond acceptors (Lipinski definition) is 1. The second kappa shape index (κ2) is 5.48. The summed E-state index contributed by atoms with van der Waals surface area (Å²) in [5, 5.41) is 0.229. The maximum absolute atomic E-state index is 5.65. The van der Waals surface area contributed by atoms with Gasteiger partial charge in [-0.2, -0.15) is 0 Å². The van der Waals surface area contributed by atoms with Crippen LogP contribution in [0.1, 0.15) is 5.56 Å². The van der Waals surface area contributed by atoms with Crippen molar-refractivity contribution in [3.63, 3.8) is 0 Å². The minimum atomic E-state index is -0.731. The fraction of sp³-hybridized carbons (Fsp3) is 0.222. The Kier molecular flexibility index (Phi) is 4.57. The molecule has 13 heavy (non-hydrogen) atoms. The molecule has 0 aliphatic rings. The lowest BCUT2D eigenvalue weighted by Crippen LogP contribution is -1.99. The molecular weight excluding hydrogens is 228 g/mol. The van der Waals surface area contributed by atoms with E-state index in [9.17, 15) is 0 Å². The summed E-state index contributed by atoms with van der Waals surface area (Å²) in [6, 6.07) is 9.76. The molecule has 0 unspecified atom stereocenters. The standard InChI is InChI=1S/C9H8Cl3N/c10-8(11)9(12)13-6-7-4-2-1-3-5-7/h1-5,8H,6H2. The number of benzene rings is 1. The second-order valence-electron chi connectivity index (χ2n) is 2.43. The Morgan fingerprint density at radius 1 is 1.23 bits per heavy atom. The van der Waals surface area contributed by atoms with E-state index in [0.717, 1.165) is 5.56 Å². The molecule has 0 radical (unpaired) electrons. The molecule has 0 atom stereocenters. The Morgan fingerprint density at radius 2 is 1.85 bits per heavy atom. The van der Waals surface area contributed by atoms with Gasteiger partial charge in [0.2, 0.25) is 0 Å². The van der Waals surface area contributed by atoms with Crippen LogP contribution in [0.25, 0.3) is 0 Å². The van der Waals surface area contributed by atoms with Crippen LogP contribution in [-0.2, 0) is 6.54 Å². The molecule has 1 rings (SSSR count). The number of hydrogen-bond donors (Lipinski definition) is 0. The summed E-state index contributed by atoms with van der Waals surface area (Å²) < 4.78 is 0. The lowest BCUT2D eigenvalue weighted by molar-refractivity contribution is 1.07. The average Bonchev–Trinajstić information content (AvgIpc) is 2.15. The number of nitrogens with zero attached hydrogens (tertiary/aromatic N) is 1. The van der Waals surface area contributed by atoms with Crippen LogP contribution in [0.15, 0.2) is 35.3 Å². The van der Waals surface area contributed by atoms with E-state index in [1.54, 1.807) is 0 Å². The predicted molar refractivity (Wildman–Crippen MR) is 58.9 cm³/mol. The van der Waals surface area contributed by atoms with Crippen molar-refractivity contribution in [1.82, 2.24) is 0 Å². The molecule has 1 aromatic rings. The van der Waals surface area contributed by atoms with Crippen molar-refractivity contribution in [2.75, 3.05) is 0 Å². The molecule has 0 heterocycles. The van der Waals surface area contributed by atoms with Gasteiger partial charge < -0.3 is 0 Å². The molecule has 4 heteroatoms. The highest BCUT2D eigenvalue weighted by atomic mass is 35.5. The first-order valence-electron chi connectivity index (χ1n) is 3.72. The monoisotopic (exact) mass is 235 g/mol. The van der Waals surface area contributed by atoms with Crippen LogP contribution < -0.4 is 0 Å². The van der Waals surface area contributed by atoms with Gasteiger partial charge in [0, 0.05) is 0 Å². The van der Waals surface area contributed by atoms with Crippen LogP contribution in [-0.4, -0.2) is 10.0 Å². The summed E-state index contributed by atoms with van der Waals surface area (Å²) in [5.74, 6) is 0. The Labute approximate surface area is 92.3 Å². The van der Waals surface area contributed by atoms with Crippen LogP contribution in [0.5, 0.6) is 0 Å². The van der Waals surface area contributed by atoms with Gasteiger partial charge in [0.1, 0.15) is 5.17 Å². The zero-order valence-corrected chi connectivity index (χ0v) is 9.02. The normalized spacial score (nSPS) is 12.2. The highest BCUT2D eigenvalue weighted by molar-refractivity contribution is 6.77. The summed E-state index contributed by atoms with van der Waals surface area (Å²) in [4.78, 5) is 3.28. The number of halogens is 3. The van der Waals surface area contributed by atoms with Crippen molar-refractivity contribution in [2.45, 2.75) is 11.4 Å². The maximum Gasteiger partial charge on any atom is 0.160 e. The van der Waals surface area contributed by atoms with Gasteiger partial charge in [-0.1, -0.05) is 65.1 Å². The molecular formula is C9H8Cl3N. The lowest BCUT2D eigenvalue weighted by Gasteiger charge is -1.98. The maximum atomic E-state index is 5.65. The topological polar surface area (TPSA) is 12.4 Å². The highest BCUT2D eigenvalue weighted by Gasteiger charge is 2.04. The largest absolute Gasteiger partial charge is 0.270 e. The van der Waals surface area contributed by atoms with Gasteiger partial charge in [0.05, 0.1) is 6.54 Å². The Bertz CT molecular complexity index is 282. The van der Waals surface area contributed by atoms with E-state index >= 15 is 0 Å². The van der Waals surface area contributed by atoms with Crippen molar-refractivity contribution in [3.8, 4) is 0 Å². The first kappa shape index (κ1) is 10.8. The molecule has 0 amide bonds. The third kappa shape index (κ3) is 3.99.